The topological polar surface area (TPSA) is 46.5 Å². The van der Waals surface area contributed by atoms with Gasteiger partial charge in [-0.3, -0.25) is 0 Å². The zero-order valence-electron chi connectivity index (χ0n) is 7.66. The lowest BCUT2D eigenvalue weighted by atomic mass is 10.2. The van der Waals surface area contributed by atoms with Crippen LogP contribution in [0.5, 0.6) is 0 Å². The molecule has 0 aliphatic rings. The second-order valence-corrected chi connectivity index (χ2v) is 4.83. The predicted octanol–water partition coefficient (Wildman–Crippen LogP) is 2.70. The van der Waals surface area contributed by atoms with Crippen LogP contribution in [0.3, 0.4) is 0 Å². The Labute approximate surface area is 87.3 Å². The molecule has 14 heavy (non-hydrogen) atoms. The largest absolute Gasteiger partial charge is 0.475 e. The van der Waals surface area contributed by atoms with Gasteiger partial charge in [0.1, 0.15) is 12.0 Å². The maximum absolute atomic E-state index is 12.3. The third-order valence-corrected chi connectivity index (χ3v) is 1.71. The minimum atomic E-state index is -3.19. The van der Waals surface area contributed by atoms with Crippen LogP contribution in [0.1, 0.15) is 13.8 Å². The van der Waals surface area contributed by atoms with Crippen molar-refractivity contribution in [1.82, 2.24) is 0 Å². The smallest absolute Gasteiger partial charge is 0.372 e. The molecule has 0 aromatic rings. The number of allylic oxidation sites excluding steroid dienone is 1. The number of carboxylic acid groups (broad SMARTS) is 1. The highest BCUT2D eigenvalue weighted by Crippen LogP contribution is 2.37. The first-order valence-electron chi connectivity index (χ1n) is 3.70. The van der Waals surface area contributed by atoms with Gasteiger partial charge in [0.05, 0.1) is 0 Å². The molecule has 0 saturated carbocycles. The summed E-state index contributed by atoms with van der Waals surface area (Å²) < 4.78 is 28.9. The molecular weight excluding hydrogens is 233 g/mol. The molecule has 0 rings (SSSR count). The van der Waals surface area contributed by atoms with Crippen molar-refractivity contribution < 1.29 is 22.9 Å². The van der Waals surface area contributed by atoms with E-state index in [4.69, 9.17) is 5.11 Å². The number of alkyl halides is 2. The van der Waals surface area contributed by atoms with Crippen molar-refractivity contribution in [2.45, 2.75) is 18.8 Å². The molecule has 0 aromatic carbocycles. The minimum Gasteiger partial charge on any atom is -0.475 e. The lowest BCUT2D eigenvalue weighted by Gasteiger charge is -2.10. The van der Waals surface area contributed by atoms with Crippen molar-refractivity contribution >= 4 is 27.3 Å². The molecule has 1 atom stereocenters. The summed E-state index contributed by atoms with van der Waals surface area (Å²) in [4.78, 5) is 7.30. The van der Waals surface area contributed by atoms with Crippen molar-refractivity contribution in [3.05, 3.63) is 11.8 Å². The number of carbonyl (C=O) groups is 1. The third-order valence-electron chi connectivity index (χ3n) is 0.938. The summed E-state index contributed by atoms with van der Waals surface area (Å²) in [5.74, 6) is -1.92. The molecule has 1 unspecified atom stereocenters. The Morgan fingerprint density at radius 1 is 1.64 bits per heavy atom. The van der Waals surface area contributed by atoms with Gasteiger partial charge in [-0.05, 0) is 21.2 Å². The normalized spacial score (nSPS) is 13.1. The number of aliphatic carboxylic acids is 1. The van der Waals surface area contributed by atoms with Gasteiger partial charge in [0.2, 0.25) is 5.76 Å². The summed E-state index contributed by atoms with van der Waals surface area (Å²) in [5, 5.41) is 8.56. The maximum atomic E-state index is 12.3. The Hall–Kier alpha value is -0.350. The molecule has 0 aromatic heterocycles. The van der Waals surface area contributed by atoms with E-state index in [0.29, 0.717) is 0 Å². The second-order valence-electron chi connectivity index (χ2n) is 2.81. The minimum absolute atomic E-state index is 0.0835. The molecule has 0 bridgehead atoms. The van der Waals surface area contributed by atoms with Gasteiger partial charge < -0.3 is 9.29 Å². The lowest BCUT2D eigenvalue weighted by Crippen LogP contribution is -2.06. The number of hydrogen-bond donors (Lipinski definition) is 1. The fourth-order valence-electron chi connectivity index (χ4n) is 0.538. The number of carboxylic acids is 1. The van der Waals surface area contributed by atoms with Gasteiger partial charge in [-0.2, -0.15) is 8.78 Å². The van der Waals surface area contributed by atoms with Gasteiger partial charge >= 0.3 is 11.0 Å². The van der Waals surface area contributed by atoms with E-state index in [-0.39, 0.29) is 18.0 Å². The van der Waals surface area contributed by atoms with Crippen LogP contribution in [0, 0.1) is 5.92 Å². The highest BCUT2D eigenvalue weighted by atomic mass is 32.2. The summed E-state index contributed by atoms with van der Waals surface area (Å²) >= 11 is -0.207. The summed E-state index contributed by atoms with van der Waals surface area (Å²) in [6.45, 7) is 3.44. The zero-order valence-corrected chi connectivity index (χ0v) is 9.63. The molecular formula is C7H11F2O3PS. The van der Waals surface area contributed by atoms with Crippen molar-refractivity contribution in [1.29, 1.82) is 0 Å². The van der Waals surface area contributed by atoms with E-state index in [0.717, 1.165) is 0 Å². The highest BCUT2D eigenvalue weighted by Gasteiger charge is 2.26. The van der Waals surface area contributed by atoms with Crippen LogP contribution >= 0.6 is 21.3 Å². The molecule has 82 valence electrons. The van der Waals surface area contributed by atoms with E-state index < -0.39 is 16.7 Å². The van der Waals surface area contributed by atoms with Gasteiger partial charge in [0.25, 0.3) is 0 Å². The summed E-state index contributed by atoms with van der Waals surface area (Å²) in [6.07, 6.45) is 1.26. The van der Waals surface area contributed by atoms with E-state index in [2.05, 4.69) is 4.18 Å². The van der Waals surface area contributed by atoms with Crippen molar-refractivity contribution in [3.63, 3.8) is 0 Å². The molecule has 1 N–H and O–H groups in total. The van der Waals surface area contributed by atoms with Crippen LogP contribution in [0.4, 0.5) is 8.78 Å². The SMILES string of the molecule is CC(C)/C=C(\OSC(F)(F)P)C(=O)O. The molecule has 0 saturated heterocycles. The van der Waals surface area contributed by atoms with E-state index in [1.165, 1.54) is 15.3 Å². The Morgan fingerprint density at radius 2 is 2.14 bits per heavy atom. The fraction of sp³-hybridized carbons (Fsp3) is 0.571. The standard InChI is InChI=1S/C7H11F2O3PS/c1-4(2)3-5(6(10)11)12-14-7(8,9)13/h3-4H,13H2,1-2H3,(H,10,11)/b5-3-. The first-order chi connectivity index (χ1) is 6.22. The van der Waals surface area contributed by atoms with Crippen LogP contribution in [-0.4, -0.2) is 16.1 Å². The highest BCUT2D eigenvalue weighted by molar-refractivity contribution is 7.99. The molecule has 0 amide bonds. The Balaban J connectivity index is 4.34. The summed E-state index contributed by atoms with van der Waals surface area (Å²) in [7, 11) is 1.24. The van der Waals surface area contributed by atoms with Gasteiger partial charge in [-0.15, -0.1) is 0 Å². The number of halogens is 2. The zero-order chi connectivity index (χ0) is 11.4. The van der Waals surface area contributed by atoms with Crippen LogP contribution in [0.15, 0.2) is 11.8 Å². The van der Waals surface area contributed by atoms with Gasteiger partial charge in [0.15, 0.2) is 0 Å². The maximum Gasteiger partial charge on any atom is 0.372 e. The van der Waals surface area contributed by atoms with Crippen molar-refractivity contribution in [3.8, 4) is 0 Å². The molecule has 0 radical (unpaired) electrons. The Bertz CT molecular complexity index is 238. The Morgan fingerprint density at radius 3 is 2.43 bits per heavy atom. The summed E-state index contributed by atoms with van der Waals surface area (Å²) in [6, 6.07) is 0. The predicted molar refractivity (Wildman–Crippen MR) is 53.9 cm³/mol. The van der Waals surface area contributed by atoms with E-state index in [9.17, 15) is 13.6 Å². The average molecular weight is 244 g/mol. The fourth-order valence-corrected chi connectivity index (χ4v) is 1.01. The van der Waals surface area contributed by atoms with Crippen LogP contribution in [0.2, 0.25) is 0 Å². The van der Waals surface area contributed by atoms with Crippen LogP contribution in [-0.2, 0) is 8.98 Å². The van der Waals surface area contributed by atoms with E-state index >= 15 is 0 Å². The lowest BCUT2D eigenvalue weighted by molar-refractivity contribution is -0.134. The molecule has 7 heteroatoms. The summed E-state index contributed by atoms with van der Waals surface area (Å²) in [5.41, 5.74) is 0. The monoisotopic (exact) mass is 244 g/mol. The first kappa shape index (κ1) is 13.7. The molecule has 0 fully saturated rings. The second kappa shape index (κ2) is 5.51. The van der Waals surface area contributed by atoms with Gasteiger partial charge in [0, 0.05) is 0 Å². The molecule has 0 spiro atoms. The van der Waals surface area contributed by atoms with E-state index in [1.807, 2.05) is 0 Å². The molecule has 0 aliphatic heterocycles. The first-order valence-corrected chi connectivity index (χ1v) is 5.01. The Kier molecular flexibility index (Phi) is 5.37. The quantitative estimate of drug-likeness (QED) is 0.349. The van der Waals surface area contributed by atoms with Gasteiger partial charge in [-0.1, -0.05) is 13.8 Å². The third kappa shape index (κ3) is 7.09. The molecule has 0 aliphatic carbocycles. The van der Waals surface area contributed by atoms with E-state index in [1.54, 1.807) is 13.8 Å². The van der Waals surface area contributed by atoms with Crippen molar-refractivity contribution in [2.24, 2.45) is 5.92 Å². The number of hydrogen-bond acceptors (Lipinski definition) is 3. The molecule has 0 heterocycles. The van der Waals surface area contributed by atoms with Crippen molar-refractivity contribution in [2.75, 3.05) is 0 Å². The van der Waals surface area contributed by atoms with Crippen LogP contribution in [0.25, 0.3) is 0 Å². The average Bonchev–Trinajstić information content (AvgIpc) is 1.94. The molecule has 3 nitrogen and oxygen atoms in total. The van der Waals surface area contributed by atoms with Crippen LogP contribution < -0.4 is 0 Å². The van der Waals surface area contributed by atoms with Gasteiger partial charge in [-0.25, -0.2) is 4.79 Å². The number of rotatable bonds is 5.